The summed E-state index contributed by atoms with van der Waals surface area (Å²) in [6.07, 6.45) is -1.86. The molecule has 2 fully saturated rings. The standard InChI is InChI=1S/C30H28O8/c1-29(2)37-27-28(38-29)36-21(30(27,3)35-15-16-9-5-4-6-10-16)14-17-13-20(31)22-23(24(17)32)26(34)19-12-8-7-11-18(19)25(22)33/h4-13,21,27-28,31-32H,14-15H2,1-3H3/t21-,27+,28+,30-/m1/s1. The maximum absolute atomic E-state index is 13.3. The largest absolute Gasteiger partial charge is 0.507 e. The molecule has 0 spiro atoms. The summed E-state index contributed by atoms with van der Waals surface area (Å²) in [6, 6.07) is 17.4. The van der Waals surface area contributed by atoms with Gasteiger partial charge in [0, 0.05) is 23.1 Å². The lowest BCUT2D eigenvalue weighted by atomic mass is 9.81. The molecule has 0 radical (unpaired) electrons. The Morgan fingerprint density at radius 2 is 1.50 bits per heavy atom. The normalized spacial score (nSPS) is 27.2. The molecule has 0 saturated carbocycles. The third-order valence-electron chi connectivity index (χ3n) is 7.59. The van der Waals surface area contributed by atoms with E-state index in [2.05, 4.69) is 0 Å². The molecular formula is C30H28O8. The van der Waals surface area contributed by atoms with Crippen molar-refractivity contribution in [3.05, 3.63) is 94.0 Å². The summed E-state index contributed by atoms with van der Waals surface area (Å²) in [7, 11) is 0. The molecule has 3 aliphatic rings. The predicted molar refractivity (Wildman–Crippen MR) is 135 cm³/mol. The highest BCUT2D eigenvalue weighted by Crippen LogP contribution is 2.48. The third-order valence-corrected chi connectivity index (χ3v) is 7.59. The van der Waals surface area contributed by atoms with Crippen molar-refractivity contribution in [2.75, 3.05) is 0 Å². The van der Waals surface area contributed by atoms with Crippen LogP contribution in [-0.2, 0) is 32.0 Å². The van der Waals surface area contributed by atoms with E-state index in [0.717, 1.165) is 5.56 Å². The summed E-state index contributed by atoms with van der Waals surface area (Å²) in [5.74, 6) is -2.64. The summed E-state index contributed by atoms with van der Waals surface area (Å²) < 4.78 is 24.8. The van der Waals surface area contributed by atoms with Crippen LogP contribution >= 0.6 is 0 Å². The van der Waals surface area contributed by atoms with Crippen LogP contribution in [0.5, 0.6) is 11.5 Å². The molecule has 38 heavy (non-hydrogen) atoms. The Morgan fingerprint density at radius 1 is 0.868 bits per heavy atom. The SMILES string of the molecule is CC1(C)O[C@@H]2O[C@H](Cc3cc(O)c4c(c3O)C(=O)c3ccccc3C4=O)[C@@](C)(OCc3ccccc3)[C@H]2O1. The highest BCUT2D eigenvalue weighted by atomic mass is 16.8. The average molecular weight is 517 g/mol. The number of ketones is 2. The lowest BCUT2D eigenvalue weighted by molar-refractivity contribution is -0.235. The fourth-order valence-corrected chi connectivity index (χ4v) is 5.60. The van der Waals surface area contributed by atoms with E-state index in [1.54, 1.807) is 26.0 Å². The third kappa shape index (κ3) is 3.84. The number of carbonyl (C=O) groups is 2. The van der Waals surface area contributed by atoms with Gasteiger partial charge in [-0.05, 0) is 32.4 Å². The van der Waals surface area contributed by atoms with E-state index in [0.29, 0.717) is 0 Å². The topological polar surface area (TPSA) is 112 Å². The van der Waals surface area contributed by atoms with Crippen molar-refractivity contribution in [3.8, 4) is 11.5 Å². The first kappa shape index (κ1) is 24.8. The smallest absolute Gasteiger partial charge is 0.198 e. The highest BCUT2D eigenvalue weighted by molar-refractivity contribution is 6.30. The number of benzene rings is 3. The molecule has 4 atom stereocenters. The molecule has 2 N–H and O–H groups in total. The molecular weight excluding hydrogens is 488 g/mol. The number of rotatable bonds is 5. The zero-order valence-corrected chi connectivity index (χ0v) is 21.3. The zero-order chi connectivity index (χ0) is 26.8. The van der Waals surface area contributed by atoms with Crippen LogP contribution in [-0.4, -0.2) is 51.7 Å². The Hall–Kier alpha value is -3.56. The minimum atomic E-state index is -1.00. The number of phenolic OH excluding ortho intramolecular Hbond substituents is 2. The van der Waals surface area contributed by atoms with Crippen molar-refractivity contribution in [2.45, 2.75) is 63.7 Å². The van der Waals surface area contributed by atoms with E-state index in [-0.39, 0.29) is 52.3 Å². The Labute approximate surface area is 219 Å². The maximum Gasteiger partial charge on any atom is 0.198 e. The van der Waals surface area contributed by atoms with Gasteiger partial charge in [-0.1, -0.05) is 54.6 Å². The van der Waals surface area contributed by atoms with Gasteiger partial charge in [0.15, 0.2) is 23.6 Å². The van der Waals surface area contributed by atoms with E-state index < -0.39 is 41.5 Å². The number of hydrogen-bond donors (Lipinski definition) is 2. The second-order valence-corrected chi connectivity index (χ2v) is 10.6. The first-order valence-corrected chi connectivity index (χ1v) is 12.5. The molecule has 8 nitrogen and oxygen atoms in total. The quantitative estimate of drug-likeness (QED) is 0.379. The molecule has 1 aliphatic carbocycles. The van der Waals surface area contributed by atoms with Gasteiger partial charge in [-0.25, -0.2) is 0 Å². The van der Waals surface area contributed by atoms with Crippen LogP contribution in [0.15, 0.2) is 60.7 Å². The van der Waals surface area contributed by atoms with E-state index in [1.165, 1.54) is 18.2 Å². The summed E-state index contributed by atoms with van der Waals surface area (Å²) in [4.78, 5) is 26.4. The van der Waals surface area contributed by atoms with Crippen LogP contribution in [0, 0.1) is 0 Å². The van der Waals surface area contributed by atoms with Gasteiger partial charge in [0.1, 0.15) is 23.2 Å². The number of carbonyl (C=O) groups excluding carboxylic acids is 2. The van der Waals surface area contributed by atoms with Crippen molar-refractivity contribution in [1.82, 2.24) is 0 Å². The van der Waals surface area contributed by atoms with Crippen molar-refractivity contribution >= 4 is 11.6 Å². The monoisotopic (exact) mass is 516 g/mol. The molecule has 0 aromatic heterocycles. The van der Waals surface area contributed by atoms with Crippen LogP contribution in [0.3, 0.4) is 0 Å². The fraction of sp³-hybridized carbons (Fsp3) is 0.333. The minimum absolute atomic E-state index is 0.0707. The van der Waals surface area contributed by atoms with Crippen LogP contribution in [0.2, 0.25) is 0 Å². The van der Waals surface area contributed by atoms with Crippen LogP contribution in [0.25, 0.3) is 0 Å². The first-order valence-electron chi connectivity index (χ1n) is 12.5. The van der Waals surface area contributed by atoms with Gasteiger partial charge in [-0.2, -0.15) is 0 Å². The summed E-state index contributed by atoms with van der Waals surface area (Å²) >= 11 is 0. The summed E-state index contributed by atoms with van der Waals surface area (Å²) in [6.45, 7) is 5.76. The Morgan fingerprint density at radius 3 is 2.18 bits per heavy atom. The van der Waals surface area contributed by atoms with Gasteiger partial charge in [0.05, 0.1) is 23.8 Å². The Bertz CT molecular complexity index is 1450. The number of fused-ring (bicyclic) bond motifs is 3. The van der Waals surface area contributed by atoms with E-state index in [1.807, 2.05) is 37.3 Å². The van der Waals surface area contributed by atoms with Crippen molar-refractivity contribution in [2.24, 2.45) is 0 Å². The number of hydrogen-bond acceptors (Lipinski definition) is 8. The lowest BCUT2D eigenvalue weighted by Crippen LogP contribution is -2.49. The lowest BCUT2D eigenvalue weighted by Gasteiger charge is -2.35. The predicted octanol–water partition coefficient (Wildman–Crippen LogP) is 4.27. The van der Waals surface area contributed by atoms with Gasteiger partial charge in [-0.3, -0.25) is 9.59 Å². The van der Waals surface area contributed by atoms with Crippen LogP contribution < -0.4 is 0 Å². The summed E-state index contributed by atoms with van der Waals surface area (Å²) in [5.41, 5.74) is 0.185. The average Bonchev–Trinajstić information content (AvgIpc) is 3.33. The van der Waals surface area contributed by atoms with Gasteiger partial charge < -0.3 is 29.2 Å². The van der Waals surface area contributed by atoms with Crippen LogP contribution in [0.4, 0.5) is 0 Å². The second kappa shape index (κ2) is 8.74. The molecule has 3 aromatic rings. The Balaban J connectivity index is 1.36. The molecule has 6 rings (SSSR count). The molecule has 8 heteroatoms. The minimum Gasteiger partial charge on any atom is -0.507 e. The van der Waals surface area contributed by atoms with Gasteiger partial charge in [0.25, 0.3) is 0 Å². The highest BCUT2D eigenvalue weighted by Gasteiger charge is 2.62. The van der Waals surface area contributed by atoms with Gasteiger partial charge in [-0.15, -0.1) is 0 Å². The number of ether oxygens (including phenoxy) is 4. The Kier molecular flexibility index (Phi) is 5.70. The van der Waals surface area contributed by atoms with Crippen molar-refractivity contribution in [3.63, 3.8) is 0 Å². The maximum atomic E-state index is 13.3. The number of phenols is 2. The van der Waals surface area contributed by atoms with Crippen molar-refractivity contribution < 1.29 is 38.7 Å². The zero-order valence-electron chi connectivity index (χ0n) is 21.3. The molecule has 2 aliphatic heterocycles. The van der Waals surface area contributed by atoms with E-state index in [9.17, 15) is 19.8 Å². The van der Waals surface area contributed by atoms with Gasteiger partial charge >= 0.3 is 0 Å². The van der Waals surface area contributed by atoms with Crippen molar-refractivity contribution in [1.29, 1.82) is 0 Å². The van der Waals surface area contributed by atoms with E-state index in [4.69, 9.17) is 18.9 Å². The summed E-state index contributed by atoms with van der Waals surface area (Å²) in [5, 5.41) is 22.1. The van der Waals surface area contributed by atoms with E-state index >= 15 is 0 Å². The molecule has 2 saturated heterocycles. The van der Waals surface area contributed by atoms with Crippen LogP contribution in [0.1, 0.15) is 63.7 Å². The van der Waals surface area contributed by atoms with Gasteiger partial charge in [0.2, 0.25) is 0 Å². The molecule has 196 valence electrons. The number of aromatic hydroxyl groups is 2. The first-order chi connectivity index (χ1) is 18.1. The fourth-order valence-electron chi connectivity index (χ4n) is 5.60. The molecule has 2 heterocycles. The second-order valence-electron chi connectivity index (χ2n) is 10.6. The molecule has 0 unspecified atom stereocenters. The molecule has 0 amide bonds. The molecule has 3 aromatic carbocycles. The molecule has 0 bridgehead atoms.